The predicted molar refractivity (Wildman–Crippen MR) is 129 cm³/mol. The van der Waals surface area contributed by atoms with E-state index >= 15 is 0 Å². The van der Waals surface area contributed by atoms with Gasteiger partial charge in [-0.3, -0.25) is 9.19 Å². The first-order chi connectivity index (χ1) is 17.0. The normalized spacial score (nSPS) is 16.5. The minimum Gasteiger partial charge on any atom is -0.414 e. The van der Waals surface area contributed by atoms with Gasteiger partial charge in [0.1, 0.15) is 11.5 Å². The third-order valence-electron chi connectivity index (χ3n) is 5.80. The second-order valence-corrected chi connectivity index (χ2v) is 9.99. The molecule has 1 saturated heterocycles. The van der Waals surface area contributed by atoms with Crippen LogP contribution in [0, 0.1) is 12.7 Å². The van der Waals surface area contributed by atoms with Crippen LogP contribution in [-0.4, -0.2) is 49.9 Å². The predicted octanol–water partition coefficient (Wildman–Crippen LogP) is 3.92. The summed E-state index contributed by atoms with van der Waals surface area (Å²) < 4.78 is 38.5. The van der Waals surface area contributed by atoms with E-state index in [0.29, 0.717) is 36.8 Å². The van der Waals surface area contributed by atoms with Gasteiger partial charge in [0.15, 0.2) is 0 Å². The minimum atomic E-state index is -1.11. The van der Waals surface area contributed by atoms with Crippen molar-refractivity contribution in [3.05, 3.63) is 65.7 Å². The first-order valence-electron chi connectivity index (χ1n) is 11.2. The smallest absolute Gasteiger partial charge is 0.268 e. The lowest BCUT2D eigenvalue weighted by atomic mass is 10.1. The van der Waals surface area contributed by atoms with Crippen LogP contribution in [0.3, 0.4) is 0 Å². The Kier molecular flexibility index (Phi) is 6.76. The highest BCUT2D eigenvalue weighted by Crippen LogP contribution is 2.29. The Balaban J connectivity index is 1.40. The molecule has 2 aromatic carbocycles. The van der Waals surface area contributed by atoms with Crippen molar-refractivity contribution in [1.82, 2.24) is 25.5 Å². The average Bonchev–Trinajstić information content (AvgIpc) is 3.57. The maximum absolute atomic E-state index is 14.6. The topological polar surface area (TPSA) is 103 Å². The number of nitrogens with one attached hydrogen (secondary N) is 1. The molecular weight excluding hydrogens is 469 g/mol. The maximum Gasteiger partial charge on any atom is 0.268 e. The molecule has 180 valence electrons. The molecule has 0 aliphatic carbocycles. The van der Waals surface area contributed by atoms with Gasteiger partial charge >= 0.3 is 0 Å². The molecule has 1 fully saturated rings. The van der Waals surface area contributed by atoms with E-state index in [4.69, 9.17) is 9.15 Å². The summed E-state index contributed by atoms with van der Waals surface area (Å²) in [7, 11) is 0.690. The summed E-state index contributed by atoms with van der Waals surface area (Å²) in [5, 5.41) is 11.1. The molecule has 0 spiro atoms. The van der Waals surface area contributed by atoms with Crippen LogP contribution in [0.25, 0.3) is 34.3 Å². The highest BCUT2D eigenvalue weighted by atomic mass is 32.2. The zero-order valence-electron chi connectivity index (χ0n) is 19.3. The molecule has 5 rings (SSSR count). The van der Waals surface area contributed by atoms with Crippen molar-refractivity contribution >= 4 is 10.8 Å². The Hall–Kier alpha value is -3.34. The molecule has 35 heavy (non-hydrogen) atoms. The van der Waals surface area contributed by atoms with Crippen LogP contribution in [0.5, 0.6) is 0 Å². The van der Waals surface area contributed by atoms with E-state index in [1.54, 1.807) is 32.3 Å². The van der Waals surface area contributed by atoms with Crippen LogP contribution in [0.4, 0.5) is 4.39 Å². The molecule has 1 aliphatic rings. The summed E-state index contributed by atoms with van der Waals surface area (Å²) in [5.74, 6) is -0.210. The Labute approximate surface area is 204 Å². The third kappa shape index (κ3) is 4.90. The highest BCUT2D eigenvalue weighted by molar-refractivity contribution is 7.85. The molecule has 2 unspecified atom stereocenters. The number of nitrogens with zero attached hydrogens (tertiary/aromatic N) is 4. The molecule has 0 radical (unpaired) electrons. The highest BCUT2D eigenvalue weighted by Gasteiger charge is 2.23. The van der Waals surface area contributed by atoms with Gasteiger partial charge in [0, 0.05) is 23.6 Å². The van der Waals surface area contributed by atoms with Crippen LogP contribution in [0.15, 0.2) is 58.0 Å². The molecule has 10 heteroatoms. The molecule has 1 N–H and O–H groups in total. The zero-order chi connectivity index (χ0) is 24.4. The molecule has 1 aliphatic heterocycles. The van der Waals surface area contributed by atoms with E-state index in [1.165, 1.54) is 6.07 Å². The van der Waals surface area contributed by atoms with Crippen molar-refractivity contribution in [2.24, 2.45) is 0 Å². The number of benzene rings is 2. The fraction of sp³-hybridized carbons (Fsp3) is 0.280. The molecule has 0 saturated carbocycles. The standard InChI is InChI=1S/C25H24FN5O3S/c1-15-23(25-31-30-24(34-25)20-8-3-16(12-27-2)11-21(20)26)29-22(13-28-15)17-4-6-18(7-5-17)35(32)19-9-10-33-14-19/h3-8,11,13,19,27H,9-10,12,14H2,1-2H3. The molecule has 4 aromatic rings. The number of halogens is 1. The number of aromatic nitrogens is 4. The first-order valence-corrected chi connectivity index (χ1v) is 12.4. The van der Waals surface area contributed by atoms with Gasteiger partial charge in [-0.2, -0.15) is 0 Å². The van der Waals surface area contributed by atoms with Gasteiger partial charge in [-0.15, -0.1) is 10.2 Å². The number of hydrogen-bond acceptors (Lipinski definition) is 8. The van der Waals surface area contributed by atoms with Gasteiger partial charge < -0.3 is 14.5 Å². The largest absolute Gasteiger partial charge is 0.414 e. The van der Waals surface area contributed by atoms with Gasteiger partial charge in [-0.25, -0.2) is 9.37 Å². The lowest BCUT2D eigenvalue weighted by Gasteiger charge is -2.09. The molecule has 0 bridgehead atoms. The quantitative estimate of drug-likeness (QED) is 0.413. The van der Waals surface area contributed by atoms with E-state index in [2.05, 4.69) is 25.5 Å². The van der Waals surface area contributed by atoms with Crippen LogP contribution >= 0.6 is 0 Å². The Morgan fingerprint density at radius 3 is 2.66 bits per heavy atom. The lowest BCUT2D eigenvalue weighted by Crippen LogP contribution is -2.14. The van der Waals surface area contributed by atoms with Crippen molar-refractivity contribution in [2.75, 3.05) is 20.3 Å². The van der Waals surface area contributed by atoms with E-state index in [1.807, 2.05) is 24.3 Å². The summed E-state index contributed by atoms with van der Waals surface area (Å²) in [6.07, 6.45) is 2.46. The van der Waals surface area contributed by atoms with Crippen LogP contribution in [-0.2, 0) is 22.1 Å². The zero-order valence-corrected chi connectivity index (χ0v) is 20.1. The summed E-state index contributed by atoms with van der Waals surface area (Å²) >= 11 is 0. The van der Waals surface area contributed by atoms with Crippen molar-refractivity contribution < 1.29 is 17.8 Å². The van der Waals surface area contributed by atoms with E-state index in [9.17, 15) is 8.60 Å². The van der Waals surface area contributed by atoms with E-state index in [0.717, 1.165) is 22.4 Å². The van der Waals surface area contributed by atoms with Crippen molar-refractivity contribution in [1.29, 1.82) is 0 Å². The van der Waals surface area contributed by atoms with E-state index in [-0.39, 0.29) is 22.6 Å². The first kappa shape index (κ1) is 23.4. The van der Waals surface area contributed by atoms with Crippen LogP contribution in [0.1, 0.15) is 17.7 Å². The second kappa shape index (κ2) is 10.1. The second-order valence-electron chi connectivity index (χ2n) is 8.25. The maximum atomic E-state index is 14.6. The molecule has 2 aromatic heterocycles. The van der Waals surface area contributed by atoms with Gasteiger partial charge in [-0.05, 0) is 50.2 Å². The van der Waals surface area contributed by atoms with Crippen molar-refractivity contribution in [3.63, 3.8) is 0 Å². The fourth-order valence-corrected chi connectivity index (χ4v) is 5.22. The molecule has 8 nitrogen and oxygen atoms in total. The monoisotopic (exact) mass is 493 g/mol. The van der Waals surface area contributed by atoms with E-state index < -0.39 is 16.6 Å². The SMILES string of the molecule is CNCc1ccc(-c2nnc(-c3nc(-c4ccc(S(=O)C5CCOC5)cc4)cnc3C)o2)c(F)c1. The Morgan fingerprint density at radius 1 is 1.14 bits per heavy atom. The average molecular weight is 494 g/mol. The number of aryl methyl sites for hydroxylation is 1. The third-order valence-corrected chi connectivity index (χ3v) is 7.51. The summed E-state index contributed by atoms with van der Waals surface area (Å²) in [4.78, 5) is 9.87. The van der Waals surface area contributed by atoms with Gasteiger partial charge in [0.2, 0.25) is 0 Å². The van der Waals surface area contributed by atoms with Crippen LogP contribution in [0.2, 0.25) is 0 Å². The molecular formula is C25H24FN5O3S. The van der Waals surface area contributed by atoms with Crippen LogP contribution < -0.4 is 5.32 Å². The van der Waals surface area contributed by atoms with Crippen molar-refractivity contribution in [2.45, 2.75) is 30.0 Å². The summed E-state index contributed by atoms with van der Waals surface area (Å²) in [6, 6.07) is 12.3. The lowest BCUT2D eigenvalue weighted by molar-refractivity contribution is 0.199. The van der Waals surface area contributed by atoms with Gasteiger partial charge in [0.05, 0.1) is 45.8 Å². The number of rotatable bonds is 7. The minimum absolute atomic E-state index is 0.0303. The Bertz CT molecular complexity index is 1370. The number of ether oxygens (including phenoxy) is 1. The summed E-state index contributed by atoms with van der Waals surface area (Å²) in [5.41, 5.74) is 3.48. The summed E-state index contributed by atoms with van der Waals surface area (Å²) in [6.45, 7) is 3.53. The fourth-order valence-electron chi connectivity index (χ4n) is 3.90. The molecule has 0 amide bonds. The Morgan fingerprint density at radius 2 is 1.94 bits per heavy atom. The van der Waals surface area contributed by atoms with Gasteiger partial charge in [-0.1, -0.05) is 18.2 Å². The molecule has 3 heterocycles. The molecule has 2 atom stereocenters. The van der Waals surface area contributed by atoms with Crippen molar-refractivity contribution in [3.8, 4) is 34.3 Å². The number of hydrogen-bond donors (Lipinski definition) is 1. The van der Waals surface area contributed by atoms with Gasteiger partial charge in [0.25, 0.3) is 11.8 Å².